The first-order valence-corrected chi connectivity index (χ1v) is 11.3. The van der Waals surface area contributed by atoms with Crippen LogP contribution in [0.1, 0.15) is 25.2 Å². The van der Waals surface area contributed by atoms with Gasteiger partial charge in [-0.15, -0.1) is 0 Å². The van der Waals surface area contributed by atoms with Crippen molar-refractivity contribution in [1.82, 2.24) is 14.9 Å². The van der Waals surface area contributed by atoms with Crippen LogP contribution in [-0.2, 0) is 21.2 Å². The van der Waals surface area contributed by atoms with Crippen LogP contribution in [0.3, 0.4) is 0 Å². The van der Waals surface area contributed by atoms with Gasteiger partial charge < -0.3 is 9.84 Å². The average molecular weight is 439 g/mol. The lowest BCUT2D eigenvalue weighted by atomic mass is 10.2. The molecule has 160 valence electrons. The van der Waals surface area contributed by atoms with Crippen LogP contribution >= 0.6 is 0 Å². The largest absolute Gasteiger partial charge is 0.339 e. The Hall–Kier alpha value is -3.53. The number of nitrogens with one attached hydrogen (secondary N) is 2. The zero-order valence-electron chi connectivity index (χ0n) is 16.6. The number of sulfonamides is 1. The number of amidine groups is 1. The van der Waals surface area contributed by atoms with E-state index in [-0.39, 0.29) is 23.6 Å². The van der Waals surface area contributed by atoms with Gasteiger partial charge in [-0.05, 0) is 24.6 Å². The van der Waals surface area contributed by atoms with Gasteiger partial charge in [-0.1, -0.05) is 41.6 Å². The predicted molar refractivity (Wildman–Crippen MR) is 115 cm³/mol. The van der Waals surface area contributed by atoms with Gasteiger partial charge in [-0.3, -0.25) is 14.5 Å². The van der Waals surface area contributed by atoms with Crippen LogP contribution in [0.15, 0.2) is 69.0 Å². The van der Waals surface area contributed by atoms with Crippen LogP contribution in [0.25, 0.3) is 11.4 Å². The normalized spacial score (nSPS) is 13.6. The molecule has 1 amide bonds. The SMILES string of the molecule is O=C(CCc1nc(-c2ccccc2)no1)Nc1cccc(S(=O)(=O)NC2=NCCC2)c1. The van der Waals surface area contributed by atoms with Gasteiger partial charge in [0.25, 0.3) is 10.0 Å². The zero-order chi connectivity index (χ0) is 21.7. The molecule has 10 heteroatoms. The highest BCUT2D eigenvalue weighted by Crippen LogP contribution is 2.18. The van der Waals surface area contributed by atoms with E-state index in [0.29, 0.717) is 36.2 Å². The molecule has 2 N–H and O–H groups in total. The Balaban J connectivity index is 1.35. The molecule has 3 aromatic rings. The highest BCUT2D eigenvalue weighted by atomic mass is 32.2. The van der Waals surface area contributed by atoms with E-state index in [2.05, 4.69) is 25.2 Å². The second-order valence-corrected chi connectivity index (χ2v) is 8.67. The summed E-state index contributed by atoms with van der Waals surface area (Å²) in [6.45, 7) is 0.626. The number of hydrogen-bond donors (Lipinski definition) is 2. The van der Waals surface area contributed by atoms with Crippen molar-refractivity contribution in [3.05, 3.63) is 60.5 Å². The summed E-state index contributed by atoms with van der Waals surface area (Å²) in [4.78, 5) is 20.8. The smallest absolute Gasteiger partial charge is 0.262 e. The topological polar surface area (TPSA) is 127 Å². The van der Waals surface area contributed by atoms with E-state index in [0.717, 1.165) is 12.0 Å². The van der Waals surface area contributed by atoms with Crippen molar-refractivity contribution in [1.29, 1.82) is 0 Å². The van der Waals surface area contributed by atoms with Gasteiger partial charge in [0.05, 0.1) is 4.90 Å². The van der Waals surface area contributed by atoms with E-state index in [9.17, 15) is 13.2 Å². The maximum absolute atomic E-state index is 12.5. The summed E-state index contributed by atoms with van der Waals surface area (Å²) in [6, 6.07) is 15.5. The number of carbonyl (C=O) groups is 1. The molecule has 1 aliphatic heterocycles. The fraction of sp³-hybridized carbons (Fsp3) is 0.238. The Morgan fingerprint density at radius 3 is 2.71 bits per heavy atom. The number of aromatic nitrogens is 2. The molecule has 0 bridgehead atoms. The molecule has 0 saturated carbocycles. The van der Waals surface area contributed by atoms with E-state index in [1.807, 2.05) is 30.3 Å². The Labute approximate surface area is 179 Å². The van der Waals surface area contributed by atoms with E-state index >= 15 is 0 Å². The van der Waals surface area contributed by atoms with Crippen LogP contribution < -0.4 is 10.0 Å². The summed E-state index contributed by atoms with van der Waals surface area (Å²) in [5, 5.41) is 6.63. The van der Waals surface area contributed by atoms with Gasteiger partial charge in [-0.2, -0.15) is 4.98 Å². The van der Waals surface area contributed by atoms with Gasteiger partial charge in [0, 0.05) is 37.1 Å². The first-order chi connectivity index (χ1) is 15.0. The molecule has 1 aliphatic rings. The van der Waals surface area contributed by atoms with Crippen molar-refractivity contribution >= 4 is 27.5 Å². The highest BCUT2D eigenvalue weighted by Gasteiger charge is 2.19. The number of anilines is 1. The number of carbonyl (C=O) groups excluding carboxylic acids is 1. The van der Waals surface area contributed by atoms with Crippen molar-refractivity contribution in [3.63, 3.8) is 0 Å². The molecule has 1 aromatic heterocycles. The highest BCUT2D eigenvalue weighted by molar-refractivity contribution is 7.90. The molecule has 0 spiro atoms. The molecule has 0 fully saturated rings. The van der Waals surface area contributed by atoms with Crippen molar-refractivity contribution in [2.24, 2.45) is 4.99 Å². The summed E-state index contributed by atoms with van der Waals surface area (Å²) in [7, 11) is -3.75. The zero-order valence-corrected chi connectivity index (χ0v) is 17.4. The maximum atomic E-state index is 12.5. The number of hydrogen-bond acceptors (Lipinski definition) is 7. The minimum Gasteiger partial charge on any atom is -0.339 e. The van der Waals surface area contributed by atoms with Crippen molar-refractivity contribution in [2.45, 2.75) is 30.6 Å². The maximum Gasteiger partial charge on any atom is 0.262 e. The first-order valence-electron chi connectivity index (χ1n) is 9.84. The molecule has 0 unspecified atom stereocenters. The second kappa shape index (κ2) is 9.09. The average Bonchev–Trinajstić information content (AvgIpc) is 3.45. The molecule has 9 nitrogen and oxygen atoms in total. The number of nitrogens with zero attached hydrogens (tertiary/aromatic N) is 3. The Bertz CT molecular complexity index is 1210. The molecular weight excluding hydrogens is 418 g/mol. The number of aryl methyl sites for hydroxylation is 1. The molecule has 31 heavy (non-hydrogen) atoms. The molecule has 2 heterocycles. The predicted octanol–water partition coefficient (Wildman–Crippen LogP) is 2.78. The Morgan fingerprint density at radius 1 is 1.10 bits per heavy atom. The minimum absolute atomic E-state index is 0.0595. The molecule has 0 saturated heterocycles. The van der Waals surface area contributed by atoms with Crippen LogP contribution in [-0.4, -0.2) is 36.8 Å². The van der Waals surface area contributed by atoms with E-state index in [1.54, 1.807) is 12.1 Å². The third kappa shape index (κ3) is 5.34. The van der Waals surface area contributed by atoms with Crippen LogP contribution in [0.4, 0.5) is 5.69 Å². The summed E-state index contributed by atoms with van der Waals surface area (Å²) >= 11 is 0. The first kappa shape index (κ1) is 20.7. The van der Waals surface area contributed by atoms with E-state index in [1.165, 1.54) is 12.1 Å². The van der Waals surface area contributed by atoms with Gasteiger partial charge in [0.15, 0.2) is 0 Å². The lowest BCUT2D eigenvalue weighted by Crippen LogP contribution is -2.29. The standard InChI is InChI=1S/C21H21N5O4S/c27-19(11-12-20-24-21(25-30-20)15-6-2-1-3-7-15)23-16-8-4-9-17(14-16)31(28,29)26-18-10-5-13-22-18/h1-4,6-9,14H,5,10-13H2,(H,22,26)(H,23,27). The lowest BCUT2D eigenvalue weighted by molar-refractivity contribution is -0.116. The molecule has 0 atom stereocenters. The van der Waals surface area contributed by atoms with E-state index < -0.39 is 10.0 Å². The Kier molecular flexibility index (Phi) is 6.08. The number of rotatable bonds is 7. The third-order valence-electron chi connectivity index (χ3n) is 4.62. The van der Waals surface area contributed by atoms with Gasteiger partial charge in [0.1, 0.15) is 5.84 Å². The minimum atomic E-state index is -3.75. The number of benzene rings is 2. The van der Waals surface area contributed by atoms with Crippen molar-refractivity contribution in [3.8, 4) is 11.4 Å². The summed E-state index contributed by atoms with van der Waals surface area (Å²) < 4.78 is 32.8. The summed E-state index contributed by atoms with van der Waals surface area (Å²) in [5.74, 6) is 0.992. The molecule has 0 radical (unpaired) electrons. The third-order valence-corrected chi connectivity index (χ3v) is 6.00. The molecule has 0 aliphatic carbocycles. The molecular formula is C21H21N5O4S. The summed E-state index contributed by atoms with van der Waals surface area (Å²) in [6.07, 6.45) is 1.83. The molecule has 4 rings (SSSR count). The monoisotopic (exact) mass is 439 g/mol. The fourth-order valence-electron chi connectivity index (χ4n) is 3.08. The van der Waals surface area contributed by atoms with Gasteiger partial charge in [-0.25, -0.2) is 8.42 Å². The fourth-order valence-corrected chi connectivity index (χ4v) is 4.22. The van der Waals surface area contributed by atoms with Crippen LogP contribution in [0.5, 0.6) is 0 Å². The van der Waals surface area contributed by atoms with Gasteiger partial charge >= 0.3 is 0 Å². The molecule has 2 aromatic carbocycles. The summed E-state index contributed by atoms with van der Waals surface area (Å²) in [5.41, 5.74) is 1.22. The number of aliphatic imine (C=N–C) groups is 1. The van der Waals surface area contributed by atoms with E-state index in [4.69, 9.17) is 4.52 Å². The van der Waals surface area contributed by atoms with Crippen molar-refractivity contribution in [2.75, 3.05) is 11.9 Å². The Morgan fingerprint density at radius 2 is 1.94 bits per heavy atom. The van der Waals surface area contributed by atoms with Crippen LogP contribution in [0, 0.1) is 0 Å². The van der Waals surface area contributed by atoms with Gasteiger partial charge in [0.2, 0.25) is 17.6 Å². The number of amides is 1. The lowest BCUT2D eigenvalue weighted by Gasteiger charge is -2.10. The quantitative estimate of drug-likeness (QED) is 0.583. The second-order valence-electron chi connectivity index (χ2n) is 6.99. The van der Waals surface area contributed by atoms with Crippen molar-refractivity contribution < 1.29 is 17.7 Å². The van der Waals surface area contributed by atoms with Crippen LogP contribution in [0.2, 0.25) is 0 Å².